The molecule has 0 spiro atoms. The fourth-order valence-electron chi connectivity index (χ4n) is 3.14. The summed E-state index contributed by atoms with van der Waals surface area (Å²) in [6, 6.07) is 21.7. The van der Waals surface area contributed by atoms with Gasteiger partial charge in [-0.1, -0.05) is 42.5 Å². The van der Waals surface area contributed by atoms with E-state index in [-0.39, 0.29) is 5.91 Å². The molecule has 0 unspecified atom stereocenters. The fourth-order valence-corrected chi connectivity index (χ4v) is 3.14. The third-order valence-corrected chi connectivity index (χ3v) is 4.51. The third-order valence-electron chi connectivity index (χ3n) is 4.51. The maximum absolute atomic E-state index is 12.3. The van der Waals surface area contributed by atoms with E-state index in [1.165, 1.54) is 11.1 Å². The summed E-state index contributed by atoms with van der Waals surface area (Å²) < 4.78 is 0. The van der Waals surface area contributed by atoms with Crippen molar-refractivity contribution in [3.05, 3.63) is 89.7 Å². The zero-order valence-corrected chi connectivity index (χ0v) is 13.9. The van der Waals surface area contributed by atoms with E-state index in [0.717, 1.165) is 30.9 Å². The lowest BCUT2D eigenvalue weighted by atomic mass is 10.00. The normalized spacial score (nSPS) is 13.2. The predicted octanol–water partition coefficient (Wildman–Crippen LogP) is 3.90. The summed E-state index contributed by atoms with van der Waals surface area (Å²) in [5.41, 5.74) is 5.02. The van der Waals surface area contributed by atoms with Crippen molar-refractivity contribution in [3.63, 3.8) is 0 Å². The number of anilines is 2. The maximum atomic E-state index is 12.3. The Labute approximate surface area is 147 Å². The molecule has 1 aliphatic heterocycles. The first-order valence-corrected chi connectivity index (χ1v) is 8.44. The summed E-state index contributed by atoms with van der Waals surface area (Å²) in [7, 11) is 0. The Morgan fingerprint density at radius 3 is 2.44 bits per heavy atom. The number of fused-ring (bicyclic) bond motifs is 1. The molecule has 0 saturated carbocycles. The minimum atomic E-state index is -0.193. The number of nitrogens with one attached hydrogen (secondary N) is 1. The van der Waals surface area contributed by atoms with Crippen molar-refractivity contribution in [1.82, 2.24) is 4.98 Å². The number of hydrogen-bond donors (Lipinski definition) is 1. The Kier molecular flexibility index (Phi) is 4.17. The van der Waals surface area contributed by atoms with Crippen molar-refractivity contribution in [3.8, 4) is 0 Å². The van der Waals surface area contributed by atoms with Crippen molar-refractivity contribution in [2.75, 3.05) is 16.8 Å². The lowest BCUT2D eigenvalue weighted by Crippen LogP contribution is -2.30. The first-order chi connectivity index (χ1) is 12.3. The van der Waals surface area contributed by atoms with Gasteiger partial charge in [0.25, 0.3) is 5.91 Å². The molecule has 4 heteroatoms. The molecule has 0 aliphatic carbocycles. The largest absolute Gasteiger partial charge is 0.366 e. The van der Waals surface area contributed by atoms with E-state index >= 15 is 0 Å². The van der Waals surface area contributed by atoms with E-state index in [0.29, 0.717) is 5.69 Å². The van der Waals surface area contributed by atoms with Crippen LogP contribution in [0.5, 0.6) is 0 Å². The van der Waals surface area contributed by atoms with Gasteiger partial charge in [0, 0.05) is 18.8 Å². The molecule has 1 N–H and O–H groups in total. The van der Waals surface area contributed by atoms with Crippen LogP contribution in [0.2, 0.25) is 0 Å². The summed E-state index contributed by atoms with van der Waals surface area (Å²) in [6.07, 6.45) is 2.82. The monoisotopic (exact) mass is 329 g/mol. The second-order valence-corrected chi connectivity index (χ2v) is 6.16. The number of pyridine rings is 1. The van der Waals surface area contributed by atoms with Crippen LogP contribution in [0.25, 0.3) is 0 Å². The van der Waals surface area contributed by atoms with Crippen LogP contribution in [0.4, 0.5) is 11.4 Å². The van der Waals surface area contributed by atoms with Gasteiger partial charge < -0.3 is 10.2 Å². The Morgan fingerprint density at radius 2 is 1.68 bits per heavy atom. The van der Waals surface area contributed by atoms with Gasteiger partial charge in [0.2, 0.25) is 0 Å². The average molecular weight is 329 g/mol. The number of hydrogen-bond acceptors (Lipinski definition) is 3. The zero-order chi connectivity index (χ0) is 17.1. The first-order valence-electron chi connectivity index (χ1n) is 8.44. The molecular formula is C21H19N3O. The van der Waals surface area contributed by atoms with Crippen LogP contribution in [0.3, 0.4) is 0 Å². The Hall–Kier alpha value is -3.14. The molecule has 4 rings (SSSR count). The maximum Gasteiger partial charge on any atom is 0.274 e. The zero-order valence-electron chi connectivity index (χ0n) is 13.9. The summed E-state index contributed by atoms with van der Waals surface area (Å²) in [4.78, 5) is 18.9. The highest BCUT2D eigenvalue weighted by Crippen LogP contribution is 2.24. The minimum Gasteiger partial charge on any atom is -0.366 e. The summed E-state index contributed by atoms with van der Waals surface area (Å²) >= 11 is 0. The predicted molar refractivity (Wildman–Crippen MR) is 99.8 cm³/mol. The molecule has 4 nitrogen and oxygen atoms in total. The smallest absolute Gasteiger partial charge is 0.274 e. The number of nitrogens with zero attached hydrogens (tertiary/aromatic N) is 2. The standard InChI is InChI=1S/C21H19N3O/c25-21(23-18-8-2-1-3-9-18)20-11-10-19(14-22-20)24-13-12-16-6-4-5-7-17(16)15-24/h1-11,14H,12-13,15H2,(H,23,25). The van der Waals surface area contributed by atoms with Gasteiger partial charge in [0.1, 0.15) is 5.69 Å². The summed E-state index contributed by atoms with van der Waals surface area (Å²) in [5, 5.41) is 2.86. The molecule has 2 aromatic carbocycles. The first kappa shape index (κ1) is 15.4. The number of rotatable bonds is 3. The van der Waals surface area contributed by atoms with E-state index in [2.05, 4.69) is 39.5 Å². The van der Waals surface area contributed by atoms with E-state index < -0.39 is 0 Å². The number of amides is 1. The fraction of sp³-hybridized carbons (Fsp3) is 0.143. The molecule has 1 amide bonds. The molecule has 3 aromatic rings. The van der Waals surface area contributed by atoms with Gasteiger partial charge in [-0.3, -0.25) is 4.79 Å². The molecule has 0 bridgehead atoms. The molecule has 0 atom stereocenters. The lowest BCUT2D eigenvalue weighted by Gasteiger charge is -2.30. The SMILES string of the molecule is O=C(Nc1ccccc1)c1ccc(N2CCc3ccccc3C2)cn1. The molecule has 25 heavy (non-hydrogen) atoms. The van der Waals surface area contributed by atoms with Crippen LogP contribution in [0, 0.1) is 0 Å². The van der Waals surface area contributed by atoms with Gasteiger partial charge in [-0.2, -0.15) is 0 Å². The topological polar surface area (TPSA) is 45.2 Å². The van der Waals surface area contributed by atoms with Gasteiger partial charge in [0.15, 0.2) is 0 Å². The number of carbonyl (C=O) groups excluding carboxylic acids is 1. The summed E-state index contributed by atoms with van der Waals surface area (Å²) in [5.74, 6) is -0.193. The molecular weight excluding hydrogens is 310 g/mol. The van der Waals surface area contributed by atoms with E-state index in [4.69, 9.17) is 0 Å². The Morgan fingerprint density at radius 1 is 0.920 bits per heavy atom. The molecule has 1 aliphatic rings. The highest BCUT2D eigenvalue weighted by atomic mass is 16.1. The molecule has 124 valence electrons. The van der Waals surface area contributed by atoms with Crippen molar-refractivity contribution in [2.45, 2.75) is 13.0 Å². The van der Waals surface area contributed by atoms with Crippen LogP contribution >= 0.6 is 0 Å². The van der Waals surface area contributed by atoms with Crippen LogP contribution in [0.1, 0.15) is 21.6 Å². The van der Waals surface area contributed by atoms with Crippen LogP contribution in [-0.2, 0) is 13.0 Å². The van der Waals surface area contributed by atoms with Gasteiger partial charge in [-0.25, -0.2) is 4.98 Å². The number of para-hydroxylation sites is 1. The average Bonchev–Trinajstić information content (AvgIpc) is 2.68. The van der Waals surface area contributed by atoms with Gasteiger partial charge in [-0.15, -0.1) is 0 Å². The minimum absolute atomic E-state index is 0.193. The van der Waals surface area contributed by atoms with E-state index in [1.54, 1.807) is 12.3 Å². The van der Waals surface area contributed by atoms with Crippen molar-refractivity contribution in [1.29, 1.82) is 0 Å². The highest BCUT2D eigenvalue weighted by Gasteiger charge is 2.17. The van der Waals surface area contributed by atoms with E-state index in [1.807, 2.05) is 36.4 Å². The van der Waals surface area contributed by atoms with Crippen molar-refractivity contribution in [2.24, 2.45) is 0 Å². The lowest BCUT2D eigenvalue weighted by molar-refractivity contribution is 0.102. The quantitative estimate of drug-likeness (QED) is 0.793. The summed E-state index contributed by atoms with van der Waals surface area (Å²) in [6.45, 7) is 1.85. The van der Waals surface area contributed by atoms with Gasteiger partial charge in [-0.05, 0) is 41.8 Å². The molecule has 0 fully saturated rings. The van der Waals surface area contributed by atoms with Crippen LogP contribution in [-0.4, -0.2) is 17.4 Å². The second-order valence-electron chi connectivity index (χ2n) is 6.16. The molecule has 0 saturated heterocycles. The van der Waals surface area contributed by atoms with Crippen LogP contribution < -0.4 is 10.2 Å². The molecule has 0 radical (unpaired) electrons. The van der Waals surface area contributed by atoms with Gasteiger partial charge in [0.05, 0.1) is 11.9 Å². The van der Waals surface area contributed by atoms with Crippen LogP contribution in [0.15, 0.2) is 72.9 Å². The number of benzene rings is 2. The highest BCUT2D eigenvalue weighted by molar-refractivity contribution is 6.02. The molecule has 1 aromatic heterocycles. The number of aromatic nitrogens is 1. The molecule has 2 heterocycles. The van der Waals surface area contributed by atoms with Crippen molar-refractivity contribution < 1.29 is 4.79 Å². The van der Waals surface area contributed by atoms with Gasteiger partial charge >= 0.3 is 0 Å². The Balaban J connectivity index is 1.46. The van der Waals surface area contributed by atoms with E-state index in [9.17, 15) is 4.79 Å². The van der Waals surface area contributed by atoms with Crippen molar-refractivity contribution >= 4 is 17.3 Å². The third kappa shape index (κ3) is 3.38. The Bertz CT molecular complexity index is 875. The second kappa shape index (κ2) is 6.77. The number of carbonyl (C=O) groups is 1.